The summed E-state index contributed by atoms with van der Waals surface area (Å²) >= 11 is 0. The summed E-state index contributed by atoms with van der Waals surface area (Å²) in [6, 6.07) is 12.9. The van der Waals surface area contributed by atoms with Gasteiger partial charge in [-0.2, -0.15) is 0 Å². The van der Waals surface area contributed by atoms with Gasteiger partial charge in [0.1, 0.15) is 12.6 Å². The van der Waals surface area contributed by atoms with Gasteiger partial charge < -0.3 is 19.7 Å². The fraction of sp³-hybridized carbons (Fsp3) is 0.417. The average Bonchev–Trinajstić information content (AvgIpc) is 2.79. The van der Waals surface area contributed by atoms with Crippen molar-refractivity contribution in [2.24, 2.45) is 0 Å². The van der Waals surface area contributed by atoms with Crippen molar-refractivity contribution in [1.82, 2.24) is 10.2 Å². The monoisotopic (exact) mass is 491 g/mol. The number of anilines is 1. The molecule has 0 fully saturated rings. The fourth-order valence-corrected chi connectivity index (χ4v) is 4.20. The Labute approximate surface area is 201 Å². The molecule has 9 nitrogen and oxygen atoms in total. The van der Waals surface area contributed by atoms with Gasteiger partial charge in [-0.1, -0.05) is 30.3 Å². The van der Waals surface area contributed by atoms with E-state index in [9.17, 15) is 18.0 Å². The zero-order chi connectivity index (χ0) is 25.5. The van der Waals surface area contributed by atoms with Crippen LogP contribution in [0.15, 0.2) is 48.5 Å². The third-order valence-electron chi connectivity index (χ3n) is 5.13. The highest BCUT2D eigenvalue weighted by molar-refractivity contribution is 7.92. The largest absolute Gasteiger partial charge is 0.493 e. The van der Waals surface area contributed by atoms with Crippen LogP contribution in [0.3, 0.4) is 0 Å². The summed E-state index contributed by atoms with van der Waals surface area (Å²) in [5.74, 6) is -0.0885. The maximum absolute atomic E-state index is 13.5. The Morgan fingerprint density at radius 2 is 1.59 bits per heavy atom. The molecule has 10 heteroatoms. The summed E-state index contributed by atoms with van der Waals surface area (Å²) in [6.45, 7) is 4.95. The lowest BCUT2D eigenvalue weighted by Crippen LogP contribution is -2.52. The van der Waals surface area contributed by atoms with Gasteiger partial charge in [0.05, 0.1) is 26.2 Å². The smallest absolute Gasteiger partial charge is 0.244 e. The van der Waals surface area contributed by atoms with Crippen LogP contribution in [0, 0.1) is 0 Å². The zero-order valence-electron chi connectivity index (χ0n) is 20.4. The lowest BCUT2D eigenvalue weighted by atomic mass is 10.1. The normalized spacial score (nSPS) is 12.1. The minimum Gasteiger partial charge on any atom is -0.493 e. The number of benzene rings is 2. The molecule has 0 aliphatic carbocycles. The quantitative estimate of drug-likeness (QED) is 0.518. The average molecular weight is 492 g/mol. The highest BCUT2D eigenvalue weighted by Gasteiger charge is 2.30. The van der Waals surface area contributed by atoms with E-state index >= 15 is 0 Å². The van der Waals surface area contributed by atoms with Crippen LogP contribution in [-0.2, 0) is 26.2 Å². The third-order valence-corrected chi connectivity index (χ3v) is 6.27. The molecule has 0 aliphatic heterocycles. The number of amides is 2. The standard InChI is InChI=1S/C24H33N3O6S/c1-17(2)25-24(29)18(3)26(15-19-10-8-7-9-11-19)23(28)16-27(34(6,30)31)20-12-13-21(32-4)22(14-20)33-5/h7-14,17-18H,15-16H2,1-6H3,(H,25,29)/t18-/m0/s1. The van der Waals surface area contributed by atoms with Crippen molar-refractivity contribution in [3.63, 3.8) is 0 Å². The minimum absolute atomic E-state index is 0.108. The van der Waals surface area contributed by atoms with Crippen LogP contribution in [-0.4, -0.2) is 64.2 Å². The first-order chi connectivity index (χ1) is 16.0. The summed E-state index contributed by atoms with van der Waals surface area (Å²) in [5.41, 5.74) is 1.06. The van der Waals surface area contributed by atoms with Gasteiger partial charge >= 0.3 is 0 Å². The van der Waals surface area contributed by atoms with Gasteiger partial charge in [0, 0.05) is 18.7 Å². The molecular formula is C24H33N3O6S. The minimum atomic E-state index is -3.84. The number of carbonyl (C=O) groups excluding carboxylic acids is 2. The highest BCUT2D eigenvalue weighted by atomic mass is 32.2. The Bertz CT molecular complexity index is 1090. The van der Waals surface area contributed by atoms with Crippen molar-refractivity contribution < 1.29 is 27.5 Å². The number of methoxy groups -OCH3 is 2. The van der Waals surface area contributed by atoms with Crippen LogP contribution in [0.1, 0.15) is 26.3 Å². The molecule has 34 heavy (non-hydrogen) atoms. The van der Waals surface area contributed by atoms with Gasteiger partial charge in [0.15, 0.2) is 11.5 Å². The molecule has 186 valence electrons. The zero-order valence-corrected chi connectivity index (χ0v) is 21.3. The first-order valence-corrected chi connectivity index (χ1v) is 12.7. The lowest BCUT2D eigenvalue weighted by Gasteiger charge is -2.32. The number of nitrogens with one attached hydrogen (secondary N) is 1. The molecule has 0 saturated carbocycles. The maximum atomic E-state index is 13.5. The lowest BCUT2D eigenvalue weighted by molar-refractivity contribution is -0.139. The van der Waals surface area contributed by atoms with E-state index in [4.69, 9.17) is 9.47 Å². The fourth-order valence-electron chi connectivity index (χ4n) is 3.36. The molecule has 2 amide bonds. The number of hydrogen-bond donors (Lipinski definition) is 1. The summed E-state index contributed by atoms with van der Waals surface area (Å²) in [6.07, 6.45) is 1.02. The molecule has 2 aromatic carbocycles. The molecule has 2 rings (SSSR count). The molecule has 0 spiro atoms. The number of nitrogens with zero attached hydrogens (tertiary/aromatic N) is 2. The number of carbonyl (C=O) groups is 2. The van der Waals surface area contributed by atoms with Crippen LogP contribution >= 0.6 is 0 Å². The Hall–Kier alpha value is -3.27. The van der Waals surface area contributed by atoms with Crippen LogP contribution in [0.2, 0.25) is 0 Å². The van der Waals surface area contributed by atoms with Gasteiger partial charge in [-0.05, 0) is 38.5 Å². The highest BCUT2D eigenvalue weighted by Crippen LogP contribution is 2.32. The Morgan fingerprint density at radius 1 is 0.971 bits per heavy atom. The van der Waals surface area contributed by atoms with E-state index in [1.54, 1.807) is 13.0 Å². The van der Waals surface area contributed by atoms with Crippen molar-refractivity contribution >= 4 is 27.5 Å². The van der Waals surface area contributed by atoms with Crippen molar-refractivity contribution in [2.45, 2.75) is 39.4 Å². The molecule has 1 N–H and O–H groups in total. The Morgan fingerprint density at radius 3 is 2.12 bits per heavy atom. The van der Waals surface area contributed by atoms with Crippen LogP contribution in [0.5, 0.6) is 11.5 Å². The van der Waals surface area contributed by atoms with E-state index in [2.05, 4.69) is 5.32 Å². The second-order valence-electron chi connectivity index (χ2n) is 8.16. The van der Waals surface area contributed by atoms with Gasteiger partial charge in [-0.15, -0.1) is 0 Å². The molecule has 0 aliphatic rings. The van der Waals surface area contributed by atoms with Crippen LogP contribution < -0.4 is 19.1 Å². The van der Waals surface area contributed by atoms with E-state index in [1.165, 1.54) is 31.3 Å². The maximum Gasteiger partial charge on any atom is 0.244 e. The first-order valence-electron chi connectivity index (χ1n) is 10.8. The SMILES string of the molecule is COc1ccc(N(CC(=O)N(Cc2ccccc2)[C@@H](C)C(=O)NC(C)C)S(C)(=O)=O)cc1OC. The Balaban J connectivity index is 2.41. The van der Waals surface area contributed by atoms with Crippen LogP contribution in [0.4, 0.5) is 5.69 Å². The Kier molecular flexibility index (Phi) is 9.31. The predicted octanol–water partition coefficient (Wildman–Crippen LogP) is 2.41. The number of hydrogen-bond acceptors (Lipinski definition) is 6. The van der Waals surface area contributed by atoms with Crippen LogP contribution in [0.25, 0.3) is 0 Å². The second kappa shape index (κ2) is 11.7. The summed E-state index contributed by atoms with van der Waals surface area (Å²) in [7, 11) is -0.929. The number of sulfonamides is 1. The summed E-state index contributed by atoms with van der Waals surface area (Å²) in [4.78, 5) is 27.6. The van der Waals surface area contributed by atoms with E-state index in [1.807, 2.05) is 44.2 Å². The molecule has 0 heterocycles. The molecular weight excluding hydrogens is 458 g/mol. The summed E-state index contributed by atoms with van der Waals surface area (Å²) < 4.78 is 36.8. The molecule has 0 aromatic heterocycles. The topological polar surface area (TPSA) is 105 Å². The van der Waals surface area contributed by atoms with Gasteiger partial charge in [-0.3, -0.25) is 13.9 Å². The van der Waals surface area contributed by atoms with Crippen molar-refractivity contribution in [2.75, 3.05) is 31.3 Å². The molecule has 0 saturated heterocycles. The second-order valence-corrected chi connectivity index (χ2v) is 10.1. The molecule has 2 aromatic rings. The third kappa shape index (κ3) is 7.11. The van der Waals surface area contributed by atoms with Crippen molar-refractivity contribution in [3.05, 3.63) is 54.1 Å². The molecule has 0 bridgehead atoms. The number of rotatable bonds is 11. The van der Waals surface area contributed by atoms with E-state index < -0.39 is 28.5 Å². The molecule has 0 radical (unpaired) electrons. The van der Waals surface area contributed by atoms with Gasteiger partial charge in [-0.25, -0.2) is 8.42 Å². The van der Waals surface area contributed by atoms with E-state index in [-0.39, 0.29) is 24.2 Å². The van der Waals surface area contributed by atoms with Crippen molar-refractivity contribution in [1.29, 1.82) is 0 Å². The predicted molar refractivity (Wildman–Crippen MR) is 131 cm³/mol. The van der Waals surface area contributed by atoms with Gasteiger partial charge in [0.25, 0.3) is 0 Å². The van der Waals surface area contributed by atoms with Crippen molar-refractivity contribution in [3.8, 4) is 11.5 Å². The van der Waals surface area contributed by atoms with Gasteiger partial charge in [0.2, 0.25) is 21.8 Å². The molecule has 0 unspecified atom stereocenters. The van der Waals surface area contributed by atoms with E-state index in [0.29, 0.717) is 11.5 Å². The number of ether oxygens (including phenoxy) is 2. The first kappa shape index (κ1) is 27.0. The summed E-state index contributed by atoms with van der Waals surface area (Å²) in [5, 5.41) is 2.81. The van der Waals surface area contributed by atoms with E-state index in [0.717, 1.165) is 16.1 Å². The molecule has 1 atom stereocenters.